The third-order valence-corrected chi connectivity index (χ3v) is 2.04. The molecular formula is C9H12ClN. The van der Waals surface area contributed by atoms with Crippen molar-refractivity contribution in [1.29, 1.82) is 0 Å². The summed E-state index contributed by atoms with van der Waals surface area (Å²) in [5.41, 5.74) is 1.08. The molecule has 0 aromatic carbocycles. The van der Waals surface area contributed by atoms with Gasteiger partial charge < -0.3 is 0 Å². The van der Waals surface area contributed by atoms with Gasteiger partial charge in [0.15, 0.2) is 0 Å². The first-order valence-electron chi connectivity index (χ1n) is 3.86. The van der Waals surface area contributed by atoms with Crippen LogP contribution in [0.3, 0.4) is 0 Å². The first-order chi connectivity index (χ1) is 5.30. The summed E-state index contributed by atoms with van der Waals surface area (Å²) in [5.74, 6) is 0. The average Bonchev–Trinajstić information content (AvgIpc) is 2.07. The van der Waals surface area contributed by atoms with E-state index in [1.165, 1.54) is 6.42 Å². The lowest BCUT2D eigenvalue weighted by molar-refractivity contribution is 0.865. The Bertz CT molecular complexity index is 214. The van der Waals surface area contributed by atoms with Gasteiger partial charge in [0.1, 0.15) is 5.17 Å². The lowest BCUT2D eigenvalue weighted by atomic mass is 10.2. The minimum absolute atomic E-state index is 0.614. The van der Waals surface area contributed by atoms with E-state index in [1.54, 1.807) is 6.20 Å². The van der Waals surface area contributed by atoms with Crippen molar-refractivity contribution in [2.24, 2.45) is 4.99 Å². The largest absolute Gasteiger partial charge is 0.245 e. The van der Waals surface area contributed by atoms with Crippen LogP contribution in [0.25, 0.3) is 0 Å². The molecule has 60 valence electrons. The summed E-state index contributed by atoms with van der Waals surface area (Å²) >= 11 is 5.85. The molecule has 0 N–H and O–H groups in total. The smallest absolute Gasteiger partial charge is 0.131 e. The van der Waals surface area contributed by atoms with Gasteiger partial charge in [-0.3, -0.25) is 0 Å². The molecule has 1 heterocycles. The molecule has 0 atom stereocenters. The highest BCUT2D eigenvalue weighted by Crippen LogP contribution is 2.09. The first-order valence-corrected chi connectivity index (χ1v) is 4.24. The lowest BCUT2D eigenvalue weighted by Crippen LogP contribution is -1.87. The monoisotopic (exact) mass is 169 g/mol. The molecule has 0 aliphatic carbocycles. The third kappa shape index (κ3) is 2.89. The number of rotatable bonds is 0. The van der Waals surface area contributed by atoms with Crippen LogP contribution in [0.15, 0.2) is 28.9 Å². The maximum absolute atomic E-state index is 5.85. The normalized spacial score (nSPS) is 31.8. The highest BCUT2D eigenvalue weighted by atomic mass is 35.5. The van der Waals surface area contributed by atoms with Crippen LogP contribution in [0.1, 0.15) is 26.2 Å². The fourth-order valence-electron chi connectivity index (χ4n) is 0.933. The number of aliphatic imine (C=N–C) groups is 1. The van der Waals surface area contributed by atoms with Gasteiger partial charge in [0, 0.05) is 6.20 Å². The molecule has 0 radical (unpaired) electrons. The molecule has 0 unspecified atom stereocenters. The van der Waals surface area contributed by atoms with Gasteiger partial charge in [-0.15, -0.1) is 0 Å². The summed E-state index contributed by atoms with van der Waals surface area (Å²) in [6, 6.07) is 0. The summed E-state index contributed by atoms with van der Waals surface area (Å²) < 4.78 is 0. The summed E-state index contributed by atoms with van der Waals surface area (Å²) in [5, 5.41) is 0.614. The van der Waals surface area contributed by atoms with Gasteiger partial charge in [0.25, 0.3) is 0 Å². The van der Waals surface area contributed by atoms with E-state index in [1.807, 2.05) is 6.92 Å². The molecule has 0 aromatic heterocycles. The van der Waals surface area contributed by atoms with E-state index in [-0.39, 0.29) is 0 Å². The predicted octanol–water partition coefficient (Wildman–Crippen LogP) is 3.27. The number of hydrogen-bond donors (Lipinski definition) is 0. The van der Waals surface area contributed by atoms with Crippen molar-refractivity contribution < 1.29 is 0 Å². The van der Waals surface area contributed by atoms with E-state index >= 15 is 0 Å². The molecule has 2 heteroatoms. The summed E-state index contributed by atoms with van der Waals surface area (Å²) in [4.78, 5) is 4.06. The molecule has 1 aliphatic rings. The lowest BCUT2D eigenvalue weighted by Gasteiger charge is -1.94. The fraction of sp³-hybridized carbons (Fsp3) is 0.444. The highest BCUT2D eigenvalue weighted by Gasteiger charge is 1.96. The van der Waals surface area contributed by atoms with Crippen LogP contribution in [0.5, 0.6) is 0 Å². The number of nitrogens with zero attached hydrogens (tertiary/aromatic N) is 1. The van der Waals surface area contributed by atoms with E-state index in [4.69, 9.17) is 11.6 Å². The van der Waals surface area contributed by atoms with Gasteiger partial charge in [-0.05, 0) is 31.8 Å². The highest BCUT2D eigenvalue weighted by molar-refractivity contribution is 6.69. The maximum Gasteiger partial charge on any atom is 0.131 e. The minimum atomic E-state index is 0.614. The predicted molar refractivity (Wildman–Crippen MR) is 50.0 cm³/mol. The third-order valence-electron chi connectivity index (χ3n) is 1.64. The van der Waals surface area contributed by atoms with Crippen LogP contribution in [-0.2, 0) is 0 Å². The fourth-order valence-corrected chi connectivity index (χ4v) is 1.07. The SMILES string of the molecule is CC1=C\CCC/C=C/N=C\1Cl. The van der Waals surface area contributed by atoms with Crippen LogP contribution >= 0.6 is 11.6 Å². The Morgan fingerprint density at radius 2 is 2.27 bits per heavy atom. The Morgan fingerprint density at radius 1 is 1.45 bits per heavy atom. The molecule has 1 nitrogen and oxygen atoms in total. The van der Waals surface area contributed by atoms with Crippen LogP contribution in [-0.4, -0.2) is 5.17 Å². The van der Waals surface area contributed by atoms with E-state index in [9.17, 15) is 0 Å². The van der Waals surface area contributed by atoms with Gasteiger partial charge in [-0.25, -0.2) is 4.99 Å². The number of allylic oxidation sites excluding steroid dienone is 3. The quantitative estimate of drug-likeness (QED) is 0.528. The Hall–Kier alpha value is -0.560. The van der Waals surface area contributed by atoms with Crippen molar-refractivity contribution >= 4 is 16.8 Å². The van der Waals surface area contributed by atoms with Crippen molar-refractivity contribution in [2.75, 3.05) is 0 Å². The Labute approximate surface area is 72.5 Å². The summed E-state index contributed by atoms with van der Waals surface area (Å²) in [7, 11) is 0. The van der Waals surface area contributed by atoms with Crippen molar-refractivity contribution in [2.45, 2.75) is 26.2 Å². The van der Waals surface area contributed by atoms with E-state index in [0.29, 0.717) is 5.17 Å². The minimum Gasteiger partial charge on any atom is -0.245 e. The Balaban J connectivity index is 2.76. The van der Waals surface area contributed by atoms with Crippen LogP contribution in [0, 0.1) is 0 Å². The molecule has 0 spiro atoms. The van der Waals surface area contributed by atoms with Gasteiger partial charge in [0.2, 0.25) is 0 Å². The molecule has 1 rings (SSSR count). The molecule has 0 saturated heterocycles. The molecule has 0 saturated carbocycles. The Morgan fingerprint density at radius 3 is 3.09 bits per heavy atom. The van der Waals surface area contributed by atoms with Gasteiger partial charge in [-0.2, -0.15) is 0 Å². The zero-order valence-electron chi connectivity index (χ0n) is 6.68. The van der Waals surface area contributed by atoms with Crippen LogP contribution in [0.2, 0.25) is 0 Å². The van der Waals surface area contributed by atoms with Crippen LogP contribution < -0.4 is 0 Å². The zero-order chi connectivity index (χ0) is 8.10. The van der Waals surface area contributed by atoms with Crippen molar-refractivity contribution in [1.82, 2.24) is 0 Å². The van der Waals surface area contributed by atoms with Gasteiger partial charge in [-0.1, -0.05) is 23.8 Å². The molecule has 1 aliphatic heterocycles. The molecule has 0 fully saturated rings. The van der Waals surface area contributed by atoms with Crippen molar-refractivity contribution in [3.8, 4) is 0 Å². The standard InChI is InChI=1S/C9H12ClN/c1-8-6-4-2-3-5-7-11-9(8)10/h5-7H,2-4H2,1H3/b7-5+,8-6+,11-9+. The van der Waals surface area contributed by atoms with Gasteiger partial charge in [0.05, 0.1) is 0 Å². The van der Waals surface area contributed by atoms with Crippen molar-refractivity contribution in [3.63, 3.8) is 0 Å². The van der Waals surface area contributed by atoms with Crippen LogP contribution in [0.4, 0.5) is 0 Å². The van der Waals surface area contributed by atoms with Gasteiger partial charge >= 0.3 is 0 Å². The average molecular weight is 170 g/mol. The second-order valence-corrected chi connectivity index (χ2v) is 2.98. The maximum atomic E-state index is 5.85. The second kappa shape index (κ2) is 4.35. The molecule has 0 aromatic rings. The summed E-state index contributed by atoms with van der Waals surface area (Å²) in [6.07, 6.45) is 9.35. The molecule has 0 bridgehead atoms. The van der Waals surface area contributed by atoms with E-state index < -0.39 is 0 Å². The zero-order valence-corrected chi connectivity index (χ0v) is 7.43. The first kappa shape index (κ1) is 8.54. The van der Waals surface area contributed by atoms with E-state index in [2.05, 4.69) is 17.1 Å². The topological polar surface area (TPSA) is 12.4 Å². The second-order valence-electron chi connectivity index (χ2n) is 2.62. The molecule has 11 heavy (non-hydrogen) atoms. The number of hydrogen-bond acceptors (Lipinski definition) is 1. The van der Waals surface area contributed by atoms with Crippen molar-refractivity contribution in [3.05, 3.63) is 23.9 Å². The number of halogens is 1. The molecule has 0 amide bonds. The van der Waals surface area contributed by atoms with E-state index in [0.717, 1.165) is 18.4 Å². The Kier molecular flexibility index (Phi) is 3.37. The summed E-state index contributed by atoms with van der Waals surface area (Å²) in [6.45, 7) is 1.99. The molecular weight excluding hydrogens is 158 g/mol.